The highest BCUT2D eigenvalue weighted by molar-refractivity contribution is 6.11. The van der Waals surface area contributed by atoms with E-state index in [1.165, 1.54) is 0 Å². The molecule has 5 rings (SSSR count). The van der Waals surface area contributed by atoms with Crippen LogP contribution in [-0.4, -0.2) is 36.1 Å². The van der Waals surface area contributed by atoms with E-state index in [9.17, 15) is 14.4 Å². The van der Waals surface area contributed by atoms with Crippen molar-refractivity contribution in [3.63, 3.8) is 0 Å². The molecular formula is C20H17N3O5. The van der Waals surface area contributed by atoms with E-state index in [0.717, 1.165) is 16.0 Å². The number of rotatable bonds is 3. The first kappa shape index (κ1) is 16.6. The van der Waals surface area contributed by atoms with E-state index < -0.39 is 17.5 Å². The summed E-state index contributed by atoms with van der Waals surface area (Å²) in [5.41, 5.74) is 1.30. The highest BCUT2D eigenvalue weighted by Gasteiger charge is 2.55. The van der Waals surface area contributed by atoms with Crippen LogP contribution >= 0.6 is 0 Å². The fourth-order valence-corrected chi connectivity index (χ4v) is 4.05. The lowest BCUT2D eigenvalue weighted by molar-refractivity contribution is -0.134. The van der Waals surface area contributed by atoms with Crippen LogP contribution in [0.3, 0.4) is 0 Å². The summed E-state index contributed by atoms with van der Waals surface area (Å²) in [5.74, 6) is 0.289. The third-order valence-electron chi connectivity index (χ3n) is 5.38. The number of carbonyl (C=O) groups is 3. The van der Waals surface area contributed by atoms with Gasteiger partial charge in [-0.15, -0.1) is 0 Å². The van der Waals surface area contributed by atoms with Crippen molar-refractivity contribution >= 4 is 23.5 Å². The molecule has 142 valence electrons. The molecule has 8 nitrogen and oxygen atoms in total. The Bertz CT molecular complexity index is 1020. The molecular weight excluding hydrogens is 362 g/mol. The molecule has 1 aliphatic carbocycles. The molecule has 0 bridgehead atoms. The van der Waals surface area contributed by atoms with E-state index in [-0.39, 0.29) is 19.2 Å². The summed E-state index contributed by atoms with van der Waals surface area (Å²) < 4.78 is 10.5. The zero-order valence-electron chi connectivity index (χ0n) is 14.9. The predicted octanol–water partition coefficient (Wildman–Crippen LogP) is 1.75. The van der Waals surface area contributed by atoms with Crippen molar-refractivity contribution in [3.8, 4) is 11.5 Å². The molecule has 2 heterocycles. The smallest absolute Gasteiger partial charge is 0.325 e. The number of imide groups is 1. The summed E-state index contributed by atoms with van der Waals surface area (Å²) in [6, 6.07) is 12.0. The Kier molecular flexibility index (Phi) is 3.55. The number of hydrogen-bond acceptors (Lipinski definition) is 5. The standard InChI is InChI=1S/C20H17N3O5/c24-17(21-13-5-6-15-16(9-13)28-11-27-15)10-23-18(25)20(22-19(23)26)8-7-12-3-1-2-4-14(12)20/h1-6,9H,7-8,10-11H2,(H,21,24)(H,22,26)/t20-/m1/s1. The van der Waals surface area contributed by atoms with E-state index in [2.05, 4.69) is 10.6 Å². The molecule has 2 N–H and O–H groups in total. The number of ether oxygens (including phenoxy) is 2. The first-order chi connectivity index (χ1) is 13.6. The van der Waals surface area contributed by atoms with Gasteiger partial charge in [-0.25, -0.2) is 4.79 Å². The molecule has 3 aliphatic rings. The molecule has 8 heteroatoms. The van der Waals surface area contributed by atoms with Crippen molar-refractivity contribution in [1.82, 2.24) is 10.2 Å². The molecule has 0 radical (unpaired) electrons. The van der Waals surface area contributed by atoms with Gasteiger partial charge in [0.1, 0.15) is 12.1 Å². The molecule has 0 aromatic heterocycles. The maximum absolute atomic E-state index is 13.1. The number of aryl methyl sites for hydroxylation is 1. The zero-order valence-corrected chi connectivity index (χ0v) is 14.9. The van der Waals surface area contributed by atoms with Crippen molar-refractivity contribution in [2.45, 2.75) is 18.4 Å². The van der Waals surface area contributed by atoms with Gasteiger partial charge < -0.3 is 20.1 Å². The minimum Gasteiger partial charge on any atom is -0.454 e. The van der Waals surface area contributed by atoms with Gasteiger partial charge in [-0.2, -0.15) is 0 Å². The molecule has 28 heavy (non-hydrogen) atoms. The second kappa shape index (κ2) is 5.98. The number of nitrogens with zero attached hydrogens (tertiary/aromatic N) is 1. The molecule has 2 aliphatic heterocycles. The average molecular weight is 379 g/mol. The van der Waals surface area contributed by atoms with Crippen LogP contribution in [0.15, 0.2) is 42.5 Å². The first-order valence-corrected chi connectivity index (χ1v) is 8.99. The normalized spacial score (nSPS) is 21.8. The Balaban J connectivity index is 1.33. The summed E-state index contributed by atoms with van der Waals surface area (Å²) in [5, 5.41) is 5.50. The van der Waals surface area contributed by atoms with Gasteiger partial charge in [0.25, 0.3) is 5.91 Å². The molecule has 0 unspecified atom stereocenters. The van der Waals surface area contributed by atoms with Crippen LogP contribution in [0.2, 0.25) is 0 Å². The molecule has 1 atom stereocenters. The molecule has 2 aromatic rings. The van der Waals surface area contributed by atoms with E-state index in [1.54, 1.807) is 18.2 Å². The monoisotopic (exact) mass is 379 g/mol. The average Bonchev–Trinajstić information content (AvgIpc) is 3.36. The van der Waals surface area contributed by atoms with Crippen LogP contribution < -0.4 is 20.1 Å². The van der Waals surface area contributed by atoms with Crippen LogP contribution in [0.5, 0.6) is 11.5 Å². The molecule has 2 aromatic carbocycles. The SMILES string of the molecule is O=C(CN1C(=O)N[C@@]2(CCc3ccccc32)C1=O)Nc1ccc2c(c1)OCO2. The second-order valence-corrected chi connectivity index (χ2v) is 7.00. The number of hydrogen-bond donors (Lipinski definition) is 2. The minimum atomic E-state index is -1.06. The topological polar surface area (TPSA) is 97.0 Å². The number of anilines is 1. The number of amides is 4. The highest BCUT2D eigenvalue weighted by atomic mass is 16.7. The number of urea groups is 1. The van der Waals surface area contributed by atoms with Crippen molar-refractivity contribution in [3.05, 3.63) is 53.6 Å². The Morgan fingerprint density at radius 1 is 1.14 bits per heavy atom. The second-order valence-electron chi connectivity index (χ2n) is 7.00. The van der Waals surface area contributed by atoms with Crippen LogP contribution in [0, 0.1) is 0 Å². The largest absolute Gasteiger partial charge is 0.454 e. The first-order valence-electron chi connectivity index (χ1n) is 8.99. The Labute approximate surface area is 160 Å². The van der Waals surface area contributed by atoms with Gasteiger partial charge in [0.2, 0.25) is 12.7 Å². The van der Waals surface area contributed by atoms with Gasteiger partial charge in [-0.05, 0) is 36.1 Å². The minimum absolute atomic E-state index is 0.138. The van der Waals surface area contributed by atoms with Gasteiger partial charge in [0, 0.05) is 11.8 Å². The number of nitrogens with one attached hydrogen (secondary N) is 2. The summed E-state index contributed by atoms with van der Waals surface area (Å²) in [4.78, 5) is 39.0. The zero-order chi connectivity index (χ0) is 19.3. The molecule has 0 saturated carbocycles. The van der Waals surface area contributed by atoms with Crippen molar-refractivity contribution < 1.29 is 23.9 Å². The van der Waals surface area contributed by atoms with Gasteiger partial charge in [-0.3, -0.25) is 14.5 Å². The molecule has 1 fully saturated rings. The van der Waals surface area contributed by atoms with Gasteiger partial charge in [-0.1, -0.05) is 24.3 Å². The lowest BCUT2D eigenvalue weighted by Gasteiger charge is -2.22. The lowest BCUT2D eigenvalue weighted by atomic mass is 9.92. The van der Waals surface area contributed by atoms with E-state index in [4.69, 9.17) is 9.47 Å². The van der Waals surface area contributed by atoms with Crippen LogP contribution in [0.1, 0.15) is 17.5 Å². The third-order valence-corrected chi connectivity index (χ3v) is 5.38. The van der Waals surface area contributed by atoms with E-state index >= 15 is 0 Å². The number of benzene rings is 2. The summed E-state index contributed by atoms with van der Waals surface area (Å²) in [7, 11) is 0. The summed E-state index contributed by atoms with van der Waals surface area (Å²) >= 11 is 0. The Hall–Kier alpha value is -3.55. The predicted molar refractivity (Wildman–Crippen MR) is 97.9 cm³/mol. The summed E-state index contributed by atoms with van der Waals surface area (Å²) in [6.45, 7) is -0.220. The number of carbonyl (C=O) groups excluding carboxylic acids is 3. The van der Waals surface area contributed by atoms with Crippen LogP contribution in [0.25, 0.3) is 0 Å². The van der Waals surface area contributed by atoms with E-state index in [0.29, 0.717) is 30.0 Å². The quantitative estimate of drug-likeness (QED) is 0.792. The lowest BCUT2D eigenvalue weighted by Crippen LogP contribution is -2.42. The number of fused-ring (bicyclic) bond motifs is 3. The van der Waals surface area contributed by atoms with Crippen molar-refractivity contribution in [2.75, 3.05) is 18.7 Å². The van der Waals surface area contributed by atoms with Crippen molar-refractivity contribution in [1.29, 1.82) is 0 Å². The van der Waals surface area contributed by atoms with Gasteiger partial charge in [0.15, 0.2) is 11.5 Å². The fraction of sp³-hybridized carbons (Fsp3) is 0.250. The maximum Gasteiger partial charge on any atom is 0.325 e. The Morgan fingerprint density at radius 2 is 1.96 bits per heavy atom. The van der Waals surface area contributed by atoms with Crippen LogP contribution in [0.4, 0.5) is 10.5 Å². The Morgan fingerprint density at radius 3 is 2.86 bits per heavy atom. The maximum atomic E-state index is 13.1. The summed E-state index contributed by atoms with van der Waals surface area (Å²) in [6.07, 6.45) is 1.20. The molecule has 1 spiro atoms. The highest BCUT2D eigenvalue weighted by Crippen LogP contribution is 2.41. The van der Waals surface area contributed by atoms with Gasteiger partial charge >= 0.3 is 6.03 Å². The molecule has 1 saturated heterocycles. The van der Waals surface area contributed by atoms with Crippen molar-refractivity contribution in [2.24, 2.45) is 0 Å². The van der Waals surface area contributed by atoms with Gasteiger partial charge in [0.05, 0.1) is 0 Å². The third kappa shape index (κ3) is 2.41. The molecule has 4 amide bonds. The van der Waals surface area contributed by atoms with E-state index in [1.807, 2.05) is 24.3 Å². The fourth-order valence-electron chi connectivity index (χ4n) is 4.05. The van der Waals surface area contributed by atoms with Crippen LogP contribution in [-0.2, 0) is 21.5 Å².